The number of hydrogen-bond acceptors (Lipinski definition) is 0. The molecule has 0 saturated heterocycles. The normalized spacial score (nSPS) is 9.38. The van der Waals surface area contributed by atoms with Gasteiger partial charge in [-0.05, 0) is 0 Å². The van der Waals surface area contributed by atoms with E-state index in [1.54, 1.807) is 6.09 Å². The van der Waals surface area contributed by atoms with Crippen LogP contribution in [0, 0.1) is 0 Å². The van der Waals surface area contributed by atoms with Crippen LogP contribution < -0.4 is 0 Å². The van der Waals surface area contributed by atoms with Crippen molar-refractivity contribution in [2.45, 2.75) is 20.8 Å². The van der Waals surface area contributed by atoms with Gasteiger partial charge >= 0.3 is 84.1 Å². The molecule has 2 rings (SSSR count). The Morgan fingerprint density at radius 2 is 1.94 bits per heavy atom. The monoisotopic (exact) mass is 210 g/mol. The Balaban J connectivity index is 0.000000606. The third kappa shape index (κ3) is 2.16. The van der Waals surface area contributed by atoms with Gasteiger partial charge in [0.1, 0.15) is 0 Å². The van der Waals surface area contributed by atoms with Gasteiger partial charge in [0.25, 0.3) is 0 Å². The van der Waals surface area contributed by atoms with Crippen molar-refractivity contribution >= 4 is 30.1 Å². The third-order valence-electron chi connectivity index (χ3n) is 2.36. The minimum absolute atomic E-state index is 1.06. The number of aromatic nitrogens is 1. The van der Waals surface area contributed by atoms with Crippen molar-refractivity contribution in [2.75, 3.05) is 0 Å². The van der Waals surface area contributed by atoms with E-state index in [0.717, 1.165) is 16.7 Å². The summed E-state index contributed by atoms with van der Waals surface area (Å²) in [6.45, 7) is 9.96. The first-order chi connectivity index (χ1) is 7.74. The van der Waals surface area contributed by atoms with Crippen LogP contribution in [0.5, 0.6) is 0 Å². The molecule has 0 unspecified atom stereocenters. The molecule has 0 fully saturated rings. The summed E-state index contributed by atoms with van der Waals surface area (Å²) in [5.41, 5.74) is 3.33. The first-order valence-corrected chi connectivity index (χ1v) is 5.54. The predicted molar refractivity (Wildman–Crippen MR) is 75.2 cm³/mol. The van der Waals surface area contributed by atoms with Crippen molar-refractivity contribution in [3.8, 4) is 0 Å². The van der Waals surface area contributed by atoms with Gasteiger partial charge in [-0.2, -0.15) is 0 Å². The summed E-state index contributed by atoms with van der Waals surface area (Å²) in [7, 11) is 5.54. The average Bonchev–Trinajstić information content (AvgIpc) is 2.70. The standard InChI is InChI=1S/C12H11BN.C2H6/c1-9(2)11-7-14(8-13)12-6-4-3-5-10(11)12;1-2/h3-8H,1H2,2H3;1-2H3. The topological polar surface area (TPSA) is 4.93 Å². The van der Waals surface area contributed by atoms with E-state index in [9.17, 15) is 0 Å². The Kier molecular flexibility index (Phi) is 4.30. The van der Waals surface area contributed by atoms with Crippen LogP contribution in [-0.2, 0) is 0 Å². The molecular weight excluding hydrogens is 193 g/mol. The quantitative estimate of drug-likeness (QED) is 0.668. The molecule has 1 aromatic carbocycles. The van der Waals surface area contributed by atoms with Crippen LogP contribution in [0.2, 0.25) is 0 Å². The van der Waals surface area contributed by atoms with Gasteiger partial charge in [0, 0.05) is 0 Å². The van der Waals surface area contributed by atoms with Crippen molar-refractivity contribution in [1.29, 1.82) is 0 Å². The van der Waals surface area contributed by atoms with Crippen LogP contribution in [0.1, 0.15) is 26.3 Å². The fourth-order valence-electron chi connectivity index (χ4n) is 1.67. The van der Waals surface area contributed by atoms with E-state index in [1.807, 2.05) is 49.7 Å². The molecule has 1 nitrogen and oxygen atoms in total. The number of hydrogen-bond donors (Lipinski definition) is 0. The summed E-state index contributed by atoms with van der Waals surface area (Å²) >= 11 is 0. The van der Waals surface area contributed by atoms with Crippen LogP contribution in [0.15, 0.2) is 37.0 Å². The Bertz CT molecular complexity index is 508. The SMILES string of the molecule is CC.[B]=Cn1cc(C(=C)C)c2ccccc21. The Labute approximate surface area is 98.5 Å². The van der Waals surface area contributed by atoms with E-state index in [1.165, 1.54) is 5.39 Å². The molecule has 2 heteroatoms. The minimum atomic E-state index is 1.06. The van der Waals surface area contributed by atoms with Gasteiger partial charge < -0.3 is 0 Å². The fourth-order valence-corrected chi connectivity index (χ4v) is 1.67. The Morgan fingerprint density at radius 3 is 2.50 bits per heavy atom. The number of allylic oxidation sites excluding steroid dienone is 1. The van der Waals surface area contributed by atoms with E-state index < -0.39 is 0 Å². The summed E-state index contributed by atoms with van der Waals surface area (Å²) in [6.07, 6.45) is 3.57. The number of benzene rings is 1. The molecule has 0 bridgehead atoms. The molecule has 0 aliphatic carbocycles. The van der Waals surface area contributed by atoms with Crippen molar-refractivity contribution < 1.29 is 0 Å². The van der Waals surface area contributed by atoms with Crippen LogP contribution >= 0.6 is 0 Å². The van der Waals surface area contributed by atoms with E-state index >= 15 is 0 Å². The zero-order chi connectivity index (χ0) is 12.1. The number of nitrogens with zero attached hydrogens (tertiary/aromatic N) is 1. The van der Waals surface area contributed by atoms with E-state index in [2.05, 4.69) is 12.6 Å². The molecular formula is C14H17BN. The average molecular weight is 210 g/mol. The first-order valence-electron chi connectivity index (χ1n) is 5.54. The zero-order valence-electron chi connectivity index (χ0n) is 10.2. The van der Waals surface area contributed by atoms with Crippen LogP contribution in [0.4, 0.5) is 0 Å². The first kappa shape index (κ1) is 12.5. The zero-order valence-corrected chi connectivity index (χ0v) is 10.2. The second-order valence-corrected chi connectivity index (χ2v) is 3.40. The van der Waals surface area contributed by atoms with E-state index in [4.69, 9.17) is 7.49 Å². The van der Waals surface area contributed by atoms with Gasteiger partial charge in [0.15, 0.2) is 0 Å². The molecule has 0 amide bonds. The van der Waals surface area contributed by atoms with Gasteiger partial charge in [-0.3, -0.25) is 0 Å². The van der Waals surface area contributed by atoms with Crippen molar-refractivity contribution in [1.82, 2.24) is 4.57 Å². The van der Waals surface area contributed by atoms with Gasteiger partial charge in [-0.1, -0.05) is 13.8 Å². The Morgan fingerprint density at radius 1 is 1.31 bits per heavy atom. The van der Waals surface area contributed by atoms with Gasteiger partial charge in [-0.15, -0.1) is 0 Å². The molecule has 0 saturated carbocycles. The van der Waals surface area contributed by atoms with E-state index in [-0.39, 0.29) is 0 Å². The van der Waals surface area contributed by atoms with Crippen molar-refractivity contribution in [3.05, 3.63) is 42.6 Å². The predicted octanol–water partition coefficient (Wildman–Crippen LogP) is 3.48. The molecule has 16 heavy (non-hydrogen) atoms. The fraction of sp³-hybridized carbons (Fsp3) is 0.214. The molecule has 81 valence electrons. The molecule has 0 aliphatic rings. The Hall–Kier alpha value is -1.57. The van der Waals surface area contributed by atoms with Gasteiger partial charge in [-0.25, -0.2) is 0 Å². The summed E-state index contributed by atoms with van der Waals surface area (Å²) in [4.78, 5) is 0. The molecule has 0 spiro atoms. The number of para-hydroxylation sites is 1. The van der Waals surface area contributed by atoms with Crippen LogP contribution in [-0.4, -0.2) is 18.1 Å². The summed E-state index contributed by atoms with van der Waals surface area (Å²) < 4.78 is 1.92. The molecule has 1 aromatic heterocycles. The molecule has 0 N–H and O–H groups in total. The van der Waals surface area contributed by atoms with Gasteiger partial charge in [0.2, 0.25) is 0 Å². The second-order valence-electron chi connectivity index (χ2n) is 3.40. The molecule has 2 aromatic rings. The van der Waals surface area contributed by atoms with Crippen molar-refractivity contribution in [2.24, 2.45) is 0 Å². The molecule has 1 radical (unpaired) electrons. The third-order valence-corrected chi connectivity index (χ3v) is 2.36. The van der Waals surface area contributed by atoms with E-state index in [0.29, 0.717) is 0 Å². The van der Waals surface area contributed by atoms with Crippen molar-refractivity contribution in [3.63, 3.8) is 0 Å². The molecule has 0 atom stereocenters. The summed E-state index contributed by atoms with van der Waals surface area (Å²) in [5.74, 6) is 0. The van der Waals surface area contributed by atoms with Crippen LogP contribution in [0.3, 0.4) is 0 Å². The maximum atomic E-state index is 5.54. The van der Waals surface area contributed by atoms with Gasteiger partial charge in [0.05, 0.1) is 0 Å². The number of rotatable bonds is 2. The second kappa shape index (κ2) is 5.50. The molecule has 0 aliphatic heterocycles. The summed E-state index contributed by atoms with van der Waals surface area (Å²) in [6, 6.07) is 8.16. The van der Waals surface area contributed by atoms with Crippen LogP contribution in [0.25, 0.3) is 16.5 Å². The molecule has 1 heterocycles. The summed E-state index contributed by atoms with van der Waals surface area (Å²) in [5, 5.41) is 1.20. The number of fused-ring (bicyclic) bond motifs is 1. The maximum absolute atomic E-state index is 5.54.